The van der Waals surface area contributed by atoms with Crippen molar-refractivity contribution in [2.24, 2.45) is 5.41 Å². The van der Waals surface area contributed by atoms with Gasteiger partial charge in [0.15, 0.2) is 0 Å². The van der Waals surface area contributed by atoms with Crippen molar-refractivity contribution in [3.63, 3.8) is 0 Å². The number of carbonyl (C=O) groups is 1. The highest BCUT2D eigenvalue weighted by Gasteiger charge is 2.37. The first-order valence-electron chi connectivity index (χ1n) is 7.18. The van der Waals surface area contributed by atoms with Crippen molar-refractivity contribution in [3.8, 4) is 5.75 Å². The summed E-state index contributed by atoms with van der Waals surface area (Å²) in [6.07, 6.45) is 3.45. The molecule has 1 N–H and O–H groups in total. The standard InChI is InChI=1S/C16H22BrNO2/c1-3-16(7-4-8-18-11-16)15(19)10-12-9-13(20-2)5-6-14(12)17/h5-6,9,18H,3-4,7-8,10-11H2,1-2H3. The minimum absolute atomic E-state index is 0.194. The largest absolute Gasteiger partial charge is 0.497 e. The summed E-state index contributed by atoms with van der Waals surface area (Å²) in [4.78, 5) is 12.8. The van der Waals surface area contributed by atoms with E-state index >= 15 is 0 Å². The monoisotopic (exact) mass is 339 g/mol. The first-order chi connectivity index (χ1) is 9.61. The van der Waals surface area contributed by atoms with E-state index < -0.39 is 0 Å². The van der Waals surface area contributed by atoms with Crippen LogP contribution in [0.4, 0.5) is 0 Å². The SMILES string of the molecule is CCC1(C(=O)Cc2cc(OC)ccc2Br)CCCNC1. The van der Waals surface area contributed by atoms with Crippen LogP contribution in [0.3, 0.4) is 0 Å². The molecule has 2 rings (SSSR count). The number of ether oxygens (including phenoxy) is 1. The zero-order valence-corrected chi connectivity index (χ0v) is 13.8. The van der Waals surface area contributed by atoms with E-state index in [-0.39, 0.29) is 5.41 Å². The zero-order valence-electron chi connectivity index (χ0n) is 12.2. The summed E-state index contributed by atoms with van der Waals surface area (Å²) in [5, 5.41) is 3.37. The summed E-state index contributed by atoms with van der Waals surface area (Å²) in [7, 11) is 1.65. The minimum atomic E-state index is -0.194. The number of Topliss-reactive ketones (excluding diaryl/α,β-unsaturated/α-hetero) is 1. The molecule has 0 bridgehead atoms. The molecule has 3 nitrogen and oxygen atoms in total. The summed E-state index contributed by atoms with van der Waals surface area (Å²) in [5.41, 5.74) is 0.813. The van der Waals surface area contributed by atoms with Crippen molar-refractivity contribution in [1.29, 1.82) is 0 Å². The van der Waals surface area contributed by atoms with Gasteiger partial charge >= 0.3 is 0 Å². The molecule has 0 spiro atoms. The molecule has 1 aliphatic rings. The predicted molar refractivity (Wildman–Crippen MR) is 84.2 cm³/mol. The molecule has 0 radical (unpaired) electrons. The lowest BCUT2D eigenvalue weighted by Crippen LogP contribution is -2.45. The van der Waals surface area contributed by atoms with Crippen LogP contribution in [0.15, 0.2) is 22.7 Å². The number of hydrogen-bond acceptors (Lipinski definition) is 3. The molecular formula is C16H22BrNO2. The maximum atomic E-state index is 12.8. The Kier molecular flexibility index (Phi) is 5.22. The molecule has 1 aliphatic heterocycles. The number of carbonyl (C=O) groups excluding carboxylic acids is 1. The molecule has 1 aromatic carbocycles. The Morgan fingerprint density at radius 2 is 2.30 bits per heavy atom. The molecule has 110 valence electrons. The number of nitrogens with one attached hydrogen (secondary N) is 1. The third-order valence-corrected chi connectivity index (χ3v) is 5.12. The summed E-state index contributed by atoms with van der Waals surface area (Å²) in [6.45, 7) is 3.95. The molecule has 1 unspecified atom stereocenters. The number of benzene rings is 1. The fourth-order valence-corrected chi connectivity index (χ4v) is 3.27. The molecule has 20 heavy (non-hydrogen) atoms. The van der Waals surface area contributed by atoms with Crippen LogP contribution in [0.5, 0.6) is 5.75 Å². The van der Waals surface area contributed by atoms with Gasteiger partial charge in [0.05, 0.1) is 7.11 Å². The maximum absolute atomic E-state index is 12.8. The first kappa shape index (κ1) is 15.5. The zero-order chi connectivity index (χ0) is 14.6. The lowest BCUT2D eigenvalue weighted by Gasteiger charge is -2.35. The number of hydrogen-bond donors (Lipinski definition) is 1. The molecule has 1 saturated heterocycles. The average molecular weight is 340 g/mol. The van der Waals surface area contributed by atoms with Gasteiger partial charge < -0.3 is 10.1 Å². The normalized spacial score (nSPS) is 22.6. The van der Waals surface area contributed by atoms with Gasteiger partial charge in [0.2, 0.25) is 0 Å². The van der Waals surface area contributed by atoms with Gasteiger partial charge in [-0.15, -0.1) is 0 Å². The Hall–Kier alpha value is -0.870. The quantitative estimate of drug-likeness (QED) is 0.893. The van der Waals surface area contributed by atoms with E-state index in [2.05, 4.69) is 28.2 Å². The highest BCUT2D eigenvalue weighted by Crippen LogP contribution is 2.33. The number of ketones is 1. The summed E-state index contributed by atoms with van der Waals surface area (Å²) in [6, 6.07) is 5.79. The minimum Gasteiger partial charge on any atom is -0.497 e. The highest BCUT2D eigenvalue weighted by molar-refractivity contribution is 9.10. The van der Waals surface area contributed by atoms with Crippen molar-refractivity contribution in [3.05, 3.63) is 28.2 Å². The molecule has 0 aliphatic carbocycles. The van der Waals surface area contributed by atoms with Gasteiger partial charge in [0, 0.05) is 22.9 Å². The van der Waals surface area contributed by atoms with Crippen LogP contribution in [0, 0.1) is 5.41 Å². The van der Waals surface area contributed by atoms with Gasteiger partial charge in [-0.05, 0) is 49.6 Å². The van der Waals surface area contributed by atoms with Crippen LogP contribution in [-0.4, -0.2) is 26.0 Å². The predicted octanol–water partition coefficient (Wildman–Crippen LogP) is 3.35. The van der Waals surface area contributed by atoms with Crippen molar-refractivity contribution in [2.75, 3.05) is 20.2 Å². The van der Waals surface area contributed by atoms with Crippen LogP contribution < -0.4 is 10.1 Å². The summed E-state index contributed by atoms with van der Waals surface area (Å²) < 4.78 is 6.22. The molecule has 4 heteroatoms. The van der Waals surface area contributed by atoms with Crippen LogP contribution in [0.25, 0.3) is 0 Å². The van der Waals surface area contributed by atoms with Gasteiger partial charge in [-0.1, -0.05) is 22.9 Å². The van der Waals surface area contributed by atoms with Crippen molar-refractivity contribution in [1.82, 2.24) is 5.32 Å². The topological polar surface area (TPSA) is 38.3 Å². The molecule has 0 amide bonds. The van der Waals surface area contributed by atoms with E-state index in [0.717, 1.165) is 48.1 Å². The van der Waals surface area contributed by atoms with E-state index in [0.29, 0.717) is 12.2 Å². The molecule has 0 saturated carbocycles. The van der Waals surface area contributed by atoms with Crippen molar-refractivity contribution < 1.29 is 9.53 Å². The fourth-order valence-electron chi connectivity index (χ4n) is 2.88. The molecule has 0 aromatic heterocycles. The van der Waals surface area contributed by atoms with Crippen molar-refractivity contribution in [2.45, 2.75) is 32.6 Å². The Morgan fingerprint density at radius 1 is 1.50 bits per heavy atom. The lowest BCUT2D eigenvalue weighted by molar-refractivity contribution is -0.129. The van der Waals surface area contributed by atoms with Gasteiger partial charge in [-0.2, -0.15) is 0 Å². The van der Waals surface area contributed by atoms with Crippen LogP contribution in [-0.2, 0) is 11.2 Å². The van der Waals surface area contributed by atoms with E-state index in [4.69, 9.17) is 4.74 Å². The Labute approximate surface area is 129 Å². The van der Waals surface area contributed by atoms with Gasteiger partial charge in [0.1, 0.15) is 11.5 Å². The number of methoxy groups -OCH3 is 1. The smallest absolute Gasteiger partial charge is 0.144 e. The van der Waals surface area contributed by atoms with Gasteiger partial charge in [-0.25, -0.2) is 0 Å². The number of rotatable bonds is 5. The third-order valence-electron chi connectivity index (χ3n) is 4.34. The van der Waals surface area contributed by atoms with E-state index in [1.807, 2.05) is 18.2 Å². The fraction of sp³-hybridized carbons (Fsp3) is 0.562. The lowest BCUT2D eigenvalue weighted by atomic mass is 9.73. The summed E-state index contributed by atoms with van der Waals surface area (Å²) >= 11 is 3.53. The van der Waals surface area contributed by atoms with Crippen LogP contribution in [0.1, 0.15) is 31.7 Å². The Balaban J connectivity index is 2.18. The van der Waals surface area contributed by atoms with E-state index in [1.54, 1.807) is 7.11 Å². The first-order valence-corrected chi connectivity index (χ1v) is 7.97. The molecule has 1 heterocycles. The third kappa shape index (κ3) is 3.23. The second-order valence-corrected chi connectivity index (χ2v) is 6.33. The van der Waals surface area contributed by atoms with E-state index in [9.17, 15) is 4.79 Å². The van der Waals surface area contributed by atoms with Crippen molar-refractivity contribution >= 4 is 21.7 Å². The Bertz CT molecular complexity index is 481. The molecule has 1 fully saturated rings. The average Bonchev–Trinajstić information content (AvgIpc) is 2.50. The maximum Gasteiger partial charge on any atom is 0.144 e. The molecular weight excluding hydrogens is 318 g/mol. The number of halogens is 1. The molecule has 1 atom stereocenters. The van der Waals surface area contributed by atoms with Gasteiger partial charge in [-0.3, -0.25) is 4.79 Å². The number of piperidine rings is 1. The second-order valence-electron chi connectivity index (χ2n) is 5.47. The Morgan fingerprint density at radius 3 is 2.90 bits per heavy atom. The second kappa shape index (κ2) is 6.72. The van der Waals surface area contributed by atoms with E-state index in [1.165, 1.54) is 0 Å². The van der Waals surface area contributed by atoms with Gasteiger partial charge in [0.25, 0.3) is 0 Å². The molecule has 1 aromatic rings. The summed E-state index contributed by atoms with van der Waals surface area (Å²) in [5.74, 6) is 1.13. The van der Waals surface area contributed by atoms with Crippen LogP contribution >= 0.6 is 15.9 Å². The highest BCUT2D eigenvalue weighted by atomic mass is 79.9. The van der Waals surface area contributed by atoms with Crippen LogP contribution in [0.2, 0.25) is 0 Å².